The zero-order valence-corrected chi connectivity index (χ0v) is 13.1. The molecule has 0 N–H and O–H groups in total. The molecule has 5 nitrogen and oxygen atoms in total. The molecule has 0 saturated carbocycles. The average Bonchev–Trinajstić information content (AvgIpc) is 2.54. The van der Waals surface area contributed by atoms with Gasteiger partial charge < -0.3 is 14.4 Å². The number of methoxy groups -OCH3 is 2. The van der Waals surface area contributed by atoms with E-state index in [1.807, 2.05) is 4.90 Å². The van der Waals surface area contributed by atoms with Gasteiger partial charge >= 0.3 is 0 Å². The lowest BCUT2D eigenvalue weighted by atomic mass is 10.1. The van der Waals surface area contributed by atoms with Crippen molar-refractivity contribution in [3.05, 3.63) is 23.8 Å². The van der Waals surface area contributed by atoms with Gasteiger partial charge in [-0.25, -0.2) is 0 Å². The van der Waals surface area contributed by atoms with E-state index in [1.54, 1.807) is 32.4 Å². The Bertz CT molecular complexity index is 482. The highest BCUT2D eigenvalue weighted by atomic mass is 16.5. The van der Waals surface area contributed by atoms with Crippen molar-refractivity contribution in [2.24, 2.45) is 0 Å². The molecule has 0 spiro atoms. The number of ether oxygens (including phenoxy) is 2. The molecule has 0 aromatic heterocycles. The number of piperazine rings is 1. The lowest BCUT2D eigenvalue weighted by molar-refractivity contribution is 0.0634. The summed E-state index contributed by atoms with van der Waals surface area (Å²) in [4.78, 5) is 16.9. The maximum atomic E-state index is 12.6. The van der Waals surface area contributed by atoms with E-state index in [2.05, 4.69) is 11.8 Å². The summed E-state index contributed by atoms with van der Waals surface area (Å²) in [5.41, 5.74) is 0.599. The fraction of sp³-hybridized carbons (Fsp3) is 0.562. The van der Waals surface area contributed by atoms with Gasteiger partial charge in [-0.3, -0.25) is 9.69 Å². The largest absolute Gasteiger partial charge is 0.497 e. The molecule has 0 aliphatic carbocycles. The monoisotopic (exact) mass is 292 g/mol. The van der Waals surface area contributed by atoms with E-state index in [1.165, 1.54) is 0 Å². The fourth-order valence-corrected chi connectivity index (χ4v) is 2.64. The molecule has 1 saturated heterocycles. The second kappa shape index (κ2) is 7.31. The minimum atomic E-state index is 0.0330. The van der Waals surface area contributed by atoms with Crippen molar-refractivity contribution in [2.45, 2.75) is 13.3 Å². The van der Waals surface area contributed by atoms with Crippen LogP contribution in [0.2, 0.25) is 0 Å². The number of amides is 1. The number of carbonyl (C=O) groups excluding carboxylic acids is 1. The quantitative estimate of drug-likeness (QED) is 0.831. The number of hydrogen-bond acceptors (Lipinski definition) is 4. The molecule has 1 fully saturated rings. The van der Waals surface area contributed by atoms with Crippen LogP contribution in [-0.4, -0.2) is 62.7 Å². The zero-order valence-electron chi connectivity index (χ0n) is 13.1. The summed E-state index contributed by atoms with van der Waals surface area (Å²) < 4.78 is 10.5. The van der Waals surface area contributed by atoms with Gasteiger partial charge in [-0.1, -0.05) is 6.92 Å². The van der Waals surface area contributed by atoms with Crippen LogP contribution in [-0.2, 0) is 0 Å². The standard InChI is InChI=1S/C16H24N2O3/c1-4-7-17-8-10-18(11-9-17)16(19)14-6-5-13(20-2)12-15(14)21-3/h5-6,12H,4,7-11H2,1-3H3. The first-order valence-corrected chi connectivity index (χ1v) is 7.43. The lowest BCUT2D eigenvalue weighted by Crippen LogP contribution is -2.48. The van der Waals surface area contributed by atoms with Gasteiger partial charge in [-0.15, -0.1) is 0 Å². The highest BCUT2D eigenvalue weighted by Gasteiger charge is 2.24. The van der Waals surface area contributed by atoms with Gasteiger partial charge in [0.05, 0.1) is 19.8 Å². The minimum Gasteiger partial charge on any atom is -0.497 e. The third-order valence-electron chi connectivity index (χ3n) is 3.84. The Balaban J connectivity index is 2.07. The zero-order chi connectivity index (χ0) is 15.2. The van der Waals surface area contributed by atoms with Crippen LogP contribution in [0.1, 0.15) is 23.7 Å². The summed E-state index contributed by atoms with van der Waals surface area (Å²) in [5, 5.41) is 0. The molecule has 0 bridgehead atoms. The van der Waals surface area contributed by atoms with Crippen LogP contribution >= 0.6 is 0 Å². The van der Waals surface area contributed by atoms with Crippen LogP contribution in [0.25, 0.3) is 0 Å². The first-order chi connectivity index (χ1) is 10.2. The molecule has 1 aliphatic rings. The van der Waals surface area contributed by atoms with E-state index in [9.17, 15) is 4.79 Å². The molecule has 2 rings (SSSR count). The van der Waals surface area contributed by atoms with Gasteiger partial charge in [0.15, 0.2) is 0 Å². The van der Waals surface area contributed by atoms with Crippen molar-refractivity contribution in [1.82, 2.24) is 9.80 Å². The summed E-state index contributed by atoms with van der Waals surface area (Å²) in [6, 6.07) is 5.32. The average molecular weight is 292 g/mol. The molecule has 1 amide bonds. The molecule has 1 heterocycles. The molecule has 0 atom stereocenters. The van der Waals surface area contributed by atoms with Crippen LogP contribution in [0.5, 0.6) is 11.5 Å². The third kappa shape index (κ3) is 3.67. The van der Waals surface area contributed by atoms with E-state index in [0.29, 0.717) is 17.1 Å². The second-order valence-electron chi connectivity index (χ2n) is 5.20. The maximum absolute atomic E-state index is 12.6. The predicted octanol–water partition coefficient (Wildman–Crippen LogP) is 1.87. The normalized spacial score (nSPS) is 15.9. The highest BCUT2D eigenvalue weighted by Crippen LogP contribution is 2.26. The van der Waals surface area contributed by atoms with Crippen LogP contribution in [0, 0.1) is 0 Å². The fourth-order valence-electron chi connectivity index (χ4n) is 2.64. The van der Waals surface area contributed by atoms with Crippen molar-refractivity contribution in [3.8, 4) is 11.5 Å². The Hall–Kier alpha value is -1.75. The van der Waals surface area contributed by atoms with Crippen LogP contribution in [0.15, 0.2) is 18.2 Å². The molecular weight excluding hydrogens is 268 g/mol. The van der Waals surface area contributed by atoms with Crippen LogP contribution < -0.4 is 9.47 Å². The maximum Gasteiger partial charge on any atom is 0.257 e. The Morgan fingerprint density at radius 2 is 1.86 bits per heavy atom. The summed E-state index contributed by atoms with van der Waals surface area (Å²) in [5.74, 6) is 1.29. The number of nitrogens with zero attached hydrogens (tertiary/aromatic N) is 2. The SMILES string of the molecule is CCCN1CCN(C(=O)c2ccc(OC)cc2OC)CC1. The third-order valence-corrected chi connectivity index (χ3v) is 3.84. The van der Waals surface area contributed by atoms with Crippen molar-refractivity contribution < 1.29 is 14.3 Å². The molecule has 116 valence electrons. The van der Waals surface area contributed by atoms with Gasteiger partial charge in [0.1, 0.15) is 11.5 Å². The van der Waals surface area contributed by atoms with Crippen LogP contribution in [0.4, 0.5) is 0 Å². The van der Waals surface area contributed by atoms with Gasteiger partial charge in [0.25, 0.3) is 5.91 Å². The molecule has 21 heavy (non-hydrogen) atoms. The number of benzene rings is 1. The highest BCUT2D eigenvalue weighted by molar-refractivity contribution is 5.97. The lowest BCUT2D eigenvalue weighted by Gasteiger charge is -2.34. The molecule has 0 radical (unpaired) electrons. The Labute approximate surface area is 126 Å². The van der Waals surface area contributed by atoms with E-state index in [4.69, 9.17) is 9.47 Å². The molecule has 5 heteroatoms. The smallest absolute Gasteiger partial charge is 0.257 e. The van der Waals surface area contributed by atoms with E-state index in [-0.39, 0.29) is 5.91 Å². The Morgan fingerprint density at radius 1 is 1.14 bits per heavy atom. The summed E-state index contributed by atoms with van der Waals surface area (Å²) in [6.45, 7) is 6.71. The van der Waals surface area contributed by atoms with E-state index < -0.39 is 0 Å². The first kappa shape index (κ1) is 15.6. The van der Waals surface area contributed by atoms with Crippen molar-refractivity contribution in [1.29, 1.82) is 0 Å². The van der Waals surface area contributed by atoms with Gasteiger partial charge in [-0.05, 0) is 25.1 Å². The molecule has 1 aromatic rings. The Morgan fingerprint density at radius 3 is 2.43 bits per heavy atom. The van der Waals surface area contributed by atoms with E-state index in [0.717, 1.165) is 39.1 Å². The van der Waals surface area contributed by atoms with Crippen molar-refractivity contribution in [2.75, 3.05) is 46.9 Å². The molecule has 0 unspecified atom stereocenters. The Kier molecular flexibility index (Phi) is 5.44. The number of hydrogen-bond donors (Lipinski definition) is 0. The summed E-state index contributed by atoms with van der Waals surface area (Å²) >= 11 is 0. The van der Waals surface area contributed by atoms with Crippen molar-refractivity contribution in [3.63, 3.8) is 0 Å². The predicted molar refractivity (Wildman–Crippen MR) is 82.2 cm³/mol. The summed E-state index contributed by atoms with van der Waals surface area (Å²) in [7, 11) is 3.17. The molecule has 1 aromatic carbocycles. The molecular formula is C16H24N2O3. The van der Waals surface area contributed by atoms with Gasteiger partial charge in [0.2, 0.25) is 0 Å². The number of carbonyl (C=O) groups is 1. The summed E-state index contributed by atoms with van der Waals surface area (Å²) in [6.07, 6.45) is 1.15. The number of rotatable bonds is 5. The van der Waals surface area contributed by atoms with E-state index >= 15 is 0 Å². The van der Waals surface area contributed by atoms with Gasteiger partial charge in [0, 0.05) is 32.2 Å². The minimum absolute atomic E-state index is 0.0330. The van der Waals surface area contributed by atoms with Crippen molar-refractivity contribution >= 4 is 5.91 Å². The topological polar surface area (TPSA) is 42.0 Å². The first-order valence-electron chi connectivity index (χ1n) is 7.43. The second-order valence-corrected chi connectivity index (χ2v) is 5.20. The van der Waals surface area contributed by atoms with Gasteiger partial charge in [-0.2, -0.15) is 0 Å². The van der Waals surface area contributed by atoms with Crippen LogP contribution in [0.3, 0.4) is 0 Å². The molecule has 1 aliphatic heterocycles.